The first kappa shape index (κ1) is 20.3. The van der Waals surface area contributed by atoms with Crippen LogP contribution >= 0.6 is 23.2 Å². The molecule has 158 valence electrons. The van der Waals surface area contributed by atoms with Crippen LogP contribution in [0.2, 0.25) is 10.0 Å². The molecule has 0 unspecified atom stereocenters. The van der Waals surface area contributed by atoms with E-state index in [0.29, 0.717) is 27.6 Å². The summed E-state index contributed by atoms with van der Waals surface area (Å²) in [7, 11) is 0. The molecular formula is C26H29Cl2NO. The highest BCUT2D eigenvalue weighted by molar-refractivity contribution is 6.38. The summed E-state index contributed by atoms with van der Waals surface area (Å²) in [6.45, 7) is 11.5. The first-order chi connectivity index (χ1) is 14.1. The van der Waals surface area contributed by atoms with Gasteiger partial charge in [-0.2, -0.15) is 0 Å². The van der Waals surface area contributed by atoms with E-state index in [-0.39, 0.29) is 10.8 Å². The molecule has 0 bridgehead atoms. The van der Waals surface area contributed by atoms with Gasteiger partial charge in [0.25, 0.3) is 0 Å². The van der Waals surface area contributed by atoms with E-state index < -0.39 is 0 Å². The summed E-state index contributed by atoms with van der Waals surface area (Å²) in [5, 5.41) is 13.1. The van der Waals surface area contributed by atoms with Crippen LogP contribution in [0.15, 0.2) is 24.3 Å². The fraction of sp³-hybridized carbons (Fsp3) is 0.462. The Morgan fingerprint density at radius 2 is 1.83 bits per heavy atom. The number of nitrogens with one attached hydrogen (secondary N) is 1. The average Bonchev–Trinajstić information content (AvgIpc) is 3.00. The lowest BCUT2D eigenvalue weighted by Gasteiger charge is -2.54. The summed E-state index contributed by atoms with van der Waals surface area (Å²) in [5.41, 5.74) is 7.49. The number of aromatic nitrogens is 1. The van der Waals surface area contributed by atoms with Crippen LogP contribution in [0.3, 0.4) is 0 Å². The molecule has 0 saturated heterocycles. The fourth-order valence-electron chi connectivity index (χ4n) is 6.82. The molecule has 2 aromatic carbocycles. The summed E-state index contributed by atoms with van der Waals surface area (Å²) in [4.78, 5) is 3.68. The fourth-order valence-corrected chi connectivity index (χ4v) is 7.36. The number of hydrogen-bond acceptors (Lipinski definition) is 1. The third-order valence-corrected chi connectivity index (χ3v) is 8.49. The van der Waals surface area contributed by atoms with E-state index in [1.807, 2.05) is 12.1 Å². The Morgan fingerprint density at radius 1 is 1.10 bits per heavy atom. The number of H-pyrrole nitrogens is 1. The van der Waals surface area contributed by atoms with Gasteiger partial charge in [0, 0.05) is 26.9 Å². The molecule has 2 atom stereocenters. The Morgan fingerprint density at radius 3 is 2.53 bits per heavy atom. The monoisotopic (exact) mass is 441 g/mol. The first-order valence-electron chi connectivity index (χ1n) is 10.9. The second-order valence-electron chi connectivity index (χ2n) is 10.4. The quantitative estimate of drug-likeness (QED) is 0.399. The Labute approximate surface area is 188 Å². The van der Waals surface area contributed by atoms with Crippen molar-refractivity contribution in [2.24, 2.45) is 5.92 Å². The molecule has 5 rings (SSSR count). The van der Waals surface area contributed by atoms with E-state index in [2.05, 4.69) is 51.7 Å². The van der Waals surface area contributed by atoms with Gasteiger partial charge in [0.15, 0.2) is 0 Å². The average molecular weight is 442 g/mol. The minimum atomic E-state index is -0.0231. The van der Waals surface area contributed by atoms with Crippen LogP contribution in [0.4, 0.5) is 0 Å². The predicted molar refractivity (Wildman–Crippen MR) is 126 cm³/mol. The maximum atomic E-state index is 10.6. The molecule has 0 aliphatic heterocycles. The van der Waals surface area contributed by atoms with Crippen LogP contribution < -0.4 is 0 Å². The Bertz CT molecular complexity index is 1190. The molecule has 2 aliphatic rings. The van der Waals surface area contributed by atoms with Gasteiger partial charge >= 0.3 is 0 Å². The van der Waals surface area contributed by atoms with Gasteiger partial charge in [0.1, 0.15) is 5.75 Å². The maximum Gasteiger partial charge on any atom is 0.119 e. The molecule has 2 nitrogen and oxygen atoms in total. The predicted octanol–water partition coefficient (Wildman–Crippen LogP) is 7.66. The zero-order valence-electron chi connectivity index (χ0n) is 18.3. The SMILES string of the molecule is CC(C)c1c(O)ccc2c1CC[C@H]1C(C)(C)c3[nH]c4c(Cl)cc(Cl)cc4c3C[C@]21C. The lowest BCUT2D eigenvalue weighted by molar-refractivity contribution is 0.137. The highest BCUT2D eigenvalue weighted by Gasteiger charge is 2.53. The van der Waals surface area contributed by atoms with Crippen molar-refractivity contribution < 1.29 is 5.11 Å². The van der Waals surface area contributed by atoms with Gasteiger partial charge in [0.05, 0.1) is 10.5 Å². The zero-order chi connectivity index (χ0) is 21.6. The largest absolute Gasteiger partial charge is 0.508 e. The number of benzene rings is 2. The van der Waals surface area contributed by atoms with Crippen molar-refractivity contribution in [3.63, 3.8) is 0 Å². The third kappa shape index (κ3) is 2.56. The Balaban J connectivity index is 1.79. The van der Waals surface area contributed by atoms with Crippen LogP contribution in [0, 0.1) is 5.92 Å². The molecule has 1 heterocycles. The summed E-state index contributed by atoms with van der Waals surface area (Å²) in [6.07, 6.45) is 3.08. The Hall–Kier alpha value is -1.64. The van der Waals surface area contributed by atoms with Gasteiger partial charge in [-0.15, -0.1) is 0 Å². The molecule has 0 saturated carbocycles. The molecule has 3 aromatic rings. The molecule has 2 aliphatic carbocycles. The number of hydrogen-bond donors (Lipinski definition) is 2. The minimum Gasteiger partial charge on any atom is -0.508 e. The molecule has 0 spiro atoms. The van der Waals surface area contributed by atoms with Crippen LogP contribution in [-0.2, 0) is 23.7 Å². The number of halogens is 2. The highest BCUT2D eigenvalue weighted by Crippen LogP contribution is 2.58. The van der Waals surface area contributed by atoms with Crippen molar-refractivity contribution in [3.05, 3.63) is 62.3 Å². The summed E-state index contributed by atoms with van der Waals surface area (Å²) in [5.74, 6) is 1.24. The number of rotatable bonds is 1. The summed E-state index contributed by atoms with van der Waals surface area (Å²) < 4.78 is 0. The second-order valence-corrected chi connectivity index (χ2v) is 11.2. The molecule has 4 heteroatoms. The van der Waals surface area contributed by atoms with Gasteiger partial charge in [-0.25, -0.2) is 0 Å². The Kier molecular flexibility index (Phi) is 4.35. The number of phenols is 1. The van der Waals surface area contributed by atoms with E-state index in [0.717, 1.165) is 35.7 Å². The van der Waals surface area contributed by atoms with Crippen molar-refractivity contribution in [3.8, 4) is 5.75 Å². The normalized spacial score (nSPS) is 24.6. The lowest BCUT2D eigenvalue weighted by Crippen LogP contribution is -2.51. The van der Waals surface area contributed by atoms with Gasteiger partial charge in [-0.05, 0) is 71.6 Å². The first-order valence-corrected chi connectivity index (χ1v) is 11.7. The number of aromatic amines is 1. The molecule has 1 aromatic heterocycles. The van der Waals surface area contributed by atoms with Crippen LogP contribution in [-0.4, -0.2) is 10.1 Å². The topological polar surface area (TPSA) is 36.0 Å². The van der Waals surface area contributed by atoms with Crippen molar-refractivity contribution in [2.45, 2.75) is 70.6 Å². The van der Waals surface area contributed by atoms with Crippen molar-refractivity contribution >= 4 is 34.1 Å². The van der Waals surface area contributed by atoms with Crippen molar-refractivity contribution in [1.29, 1.82) is 0 Å². The van der Waals surface area contributed by atoms with Crippen LogP contribution in [0.1, 0.15) is 74.9 Å². The van der Waals surface area contributed by atoms with E-state index in [1.165, 1.54) is 22.4 Å². The number of phenolic OH excluding ortho intramolecular Hbond substituents is 1. The molecule has 0 amide bonds. The van der Waals surface area contributed by atoms with E-state index >= 15 is 0 Å². The second kappa shape index (κ2) is 6.43. The molecule has 30 heavy (non-hydrogen) atoms. The molecule has 0 fully saturated rings. The zero-order valence-corrected chi connectivity index (χ0v) is 19.8. The lowest BCUT2D eigenvalue weighted by atomic mass is 9.49. The molecule has 2 N–H and O–H groups in total. The van der Waals surface area contributed by atoms with E-state index in [9.17, 15) is 5.11 Å². The number of aromatic hydroxyl groups is 1. The van der Waals surface area contributed by atoms with Gasteiger partial charge in [-0.3, -0.25) is 0 Å². The summed E-state index contributed by atoms with van der Waals surface area (Å²) in [6, 6.07) is 7.96. The molecular weight excluding hydrogens is 413 g/mol. The third-order valence-electron chi connectivity index (χ3n) is 7.97. The van der Waals surface area contributed by atoms with Crippen LogP contribution in [0.5, 0.6) is 5.75 Å². The summed E-state index contributed by atoms with van der Waals surface area (Å²) >= 11 is 13.0. The van der Waals surface area contributed by atoms with E-state index in [1.54, 1.807) is 0 Å². The minimum absolute atomic E-state index is 0.00859. The highest BCUT2D eigenvalue weighted by atomic mass is 35.5. The van der Waals surface area contributed by atoms with E-state index in [4.69, 9.17) is 23.2 Å². The smallest absolute Gasteiger partial charge is 0.119 e. The van der Waals surface area contributed by atoms with Crippen molar-refractivity contribution in [1.82, 2.24) is 4.98 Å². The van der Waals surface area contributed by atoms with Gasteiger partial charge in [0.2, 0.25) is 0 Å². The van der Waals surface area contributed by atoms with Crippen molar-refractivity contribution in [2.75, 3.05) is 0 Å². The maximum absolute atomic E-state index is 10.6. The molecule has 0 radical (unpaired) electrons. The van der Waals surface area contributed by atoms with Gasteiger partial charge < -0.3 is 10.1 Å². The number of fused-ring (bicyclic) bond motifs is 6. The van der Waals surface area contributed by atoms with Crippen LogP contribution in [0.25, 0.3) is 10.9 Å². The standard InChI is InChI=1S/C26H29Cl2NO/c1-13(2)22-15-6-9-21-25(3,4)24-17(12-26(21,5)18(15)7-8-20(22)30)16-10-14(27)11-19(28)23(16)29-24/h7-8,10-11,13,21,29-30H,6,9,12H2,1-5H3/t21-,26+/m0/s1. The van der Waals surface area contributed by atoms with Gasteiger partial charge in [-0.1, -0.05) is 63.9 Å².